The molecular formula is C16H13NO2. The van der Waals surface area contributed by atoms with Crippen LogP contribution in [0.25, 0.3) is 21.9 Å². The fourth-order valence-electron chi connectivity index (χ4n) is 2.85. The monoisotopic (exact) mass is 251 g/mol. The van der Waals surface area contributed by atoms with Gasteiger partial charge in [-0.1, -0.05) is 30.3 Å². The summed E-state index contributed by atoms with van der Waals surface area (Å²) in [5, 5.41) is 2.18. The third-order valence-corrected chi connectivity index (χ3v) is 3.75. The van der Waals surface area contributed by atoms with E-state index in [9.17, 15) is 4.79 Å². The molecule has 0 unspecified atom stereocenters. The minimum atomic E-state index is 0.188. The average molecular weight is 251 g/mol. The number of fused-ring (bicyclic) bond motifs is 3. The van der Waals surface area contributed by atoms with Gasteiger partial charge in [0.1, 0.15) is 5.58 Å². The molecule has 0 N–H and O–H groups in total. The Morgan fingerprint density at radius 2 is 1.84 bits per heavy atom. The number of carbonyl (C=O) groups excluding carboxylic acids is 1. The van der Waals surface area contributed by atoms with E-state index in [1.807, 2.05) is 41.3 Å². The van der Waals surface area contributed by atoms with Gasteiger partial charge in [0.2, 0.25) is 5.91 Å². The highest BCUT2D eigenvalue weighted by atomic mass is 16.3. The van der Waals surface area contributed by atoms with Crippen LogP contribution >= 0.6 is 0 Å². The molecule has 0 spiro atoms. The van der Waals surface area contributed by atoms with Crippen LogP contribution in [0.2, 0.25) is 0 Å². The van der Waals surface area contributed by atoms with Gasteiger partial charge in [-0.2, -0.15) is 0 Å². The van der Waals surface area contributed by atoms with Crippen molar-refractivity contribution in [3.63, 3.8) is 0 Å². The lowest BCUT2D eigenvalue weighted by molar-refractivity contribution is -0.117. The van der Waals surface area contributed by atoms with Gasteiger partial charge in [-0.15, -0.1) is 0 Å². The fourth-order valence-corrected chi connectivity index (χ4v) is 2.85. The lowest BCUT2D eigenvalue weighted by Gasteiger charge is -2.15. The lowest BCUT2D eigenvalue weighted by Crippen LogP contribution is -2.23. The molecule has 0 aliphatic carbocycles. The Hall–Kier alpha value is -2.29. The van der Waals surface area contributed by atoms with E-state index in [0.717, 1.165) is 40.6 Å². The molecule has 1 saturated heterocycles. The van der Waals surface area contributed by atoms with Crippen molar-refractivity contribution in [2.45, 2.75) is 12.8 Å². The minimum Gasteiger partial charge on any atom is -0.454 e. The number of hydrogen-bond donors (Lipinski definition) is 0. The Morgan fingerprint density at radius 1 is 1.00 bits per heavy atom. The maximum atomic E-state index is 11.9. The molecule has 0 saturated carbocycles. The second-order valence-electron chi connectivity index (χ2n) is 4.90. The summed E-state index contributed by atoms with van der Waals surface area (Å²) in [7, 11) is 0. The summed E-state index contributed by atoms with van der Waals surface area (Å²) in [6, 6.07) is 14.0. The summed E-state index contributed by atoms with van der Waals surface area (Å²) in [4.78, 5) is 13.8. The van der Waals surface area contributed by atoms with Crippen LogP contribution in [0.5, 0.6) is 0 Å². The highest BCUT2D eigenvalue weighted by Gasteiger charge is 2.24. The van der Waals surface area contributed by atoms with Crippen molar-refractivity contribution in [3.05, 3.63) is 42.5 Å². The molecule has 0 radical (unpaired) electrons. The molecule has 3 heteroatoms. The highest BCUT2D eigenvalue weighted by molar-refractivity contribution is 6.11. The topological polar surface area (TPSA) is 33.5 Å². The van der Waals surface area contributed by atoms with E-state index < -0.39 is 0 Å². The van der Waals surface area contributed by atoms with Gasteiger partial charge in [0.15, 0.2) is 5.58 Å². The van der Waals surface area contributed by atoms with E-state index in [4.69, 9.17) is 4.42 Å². The smallest absolute Gasteiger partial charge is 0.227 e. The summed E-state index contributed by atoms with van der Waals surface area (Å²) >= 11 is 0. The maximum Gasteiger partial charge on any atom is 0.227 e. The number of anilines is 1. The highest BCUT2D eigenvalue weighted by Crippen LogP contribution is 2.36. The Kier molecular flexibility index (Phi) is 2.15. The van der Waals surface area contributed by atoms with Crippen molar-refractivity contribution in [3.8, 4) is 0 Å². The normalized spacial score (nSPS) is 15.8. The number of furan rings is 1. The molecule has 19 heavy (non-hydrogen) atoms. The first-order valence-corrected chi connectivity index (χ1v) is 6.55. The van der Waals surface area contributed by atoms with Crippen LogP contribution in [0.4, 0.5) is 5.69 Å². The minimum absolute atomic E-state index is 0.188. The van der Waals surface area contributed by atoms with E-state index in [2.05, 4.69) is 6.07 Å². The summed E-state index contributed by atoms with van der Waals surface area (Å²) < 4.78 is 5.95. The molecule has 2 heterocycles. The van der Waals surface area contributed by atoms with Crippen molar-refractivity contribution < 1.29 is 9.21 Å². The zero-order valence-corrected chi connectivity index (χ0v) is 10.4. The van der Waals surface area contributed by atoms with E-state index in [-0.39, 0.29) is 5.91 Å². The predicted molar refractivity (Wildman–Crippen MR) is 75.3 cm³/mol. The van der Waals surface area contributed by atoms with Crippen LogP contribution in [0.15, 0.2) is 46.9 Å². The average Bonchev–Trinajstić information content (AvgIpc) is 3.02. The third-order valence-electron chi connectivity index (χ3n) is 3.75. The molecule has 0 atom stereocenters. The Morgan fingerprint density at radius 3 is 2.68 bits per heavy atom. The molecule has 1 fully saturated rings. The van der Waals surface area contributed by atoms with E-state index >= 15 is 0 Å². The molecule has 0 bridgehead atoms. The molecule has 1 aromatic heterocycles. The molecule has 1 aliphatic rings. The van der Waals surface area contributed by atoms with Crippen LogP contribution in [-0.4, -0.2) is 12.5 Å². The molecule has 1 amide bonds. The van der Waals surface area contributed by atoms with Gasteiger partial charge >= 0.3 is 0 Å². The number of para-hydroxylation sites is 2. The van der Waals surface area contributed by atoms with Crippen LogP contribution in [0.3, 0.4) is 0 Å². The second-order valence-corrected chi connectivity index (χ2v) is 4.90. The Labute approximate surface area is 110 Å². The van der Waals surface area contributed by atoms with E-state index in [1.165, 1.54) is 0 Å². The summed E-state index contributed by atoms with van der Waals surface area (Å²) in [5.41, 5.74) is 2.59. The van der Waals surface area contributed by atoms with Gasteiger partial charge in [-0.3, -0.25) is 4.79 Å². The van der Waals surface area contributed by atoms with Crippen LogP contribution in [0.1, 0.15) is 12.8 Å². The van der Waals surface area contributed by atoms with Crippen molar-refractivity contribution in [2.24, 2.45) is 0 Å². The fraction of sp³-hybridized carbons (Fsp3) is 0.188. The lowest BCUT2D eigenvalue weighted by atomic mass is 10.1. The molecule has 94 valence electrons. The first-order valence-electron chi connectivity index (χ1n) is 6.55. The zero-order chi connectivity index (χ0) is 12.8. The van der Waals surface area contributed by atoms with Gasteiger partial charge in [-0.05, 0) is 18.6 Å². The van der Waals surface area contributed by atoms with Crippen LogP contribution in [0, 0.1) is 0 Å². The van der Waals surface area contributed by atoms with Gasteiger partial charge in [0.25, 0.3) is 0 Å². The molecular weight excluding hydrogens is 238 g/mol. The van der Waals surface area contributed by atoms with Crippen molar-refractivity contribution in [2.75, 3.05) is 11.4 Å². The van der Waals surface area contributed by atoms with Crippen molar-refractivity contribution in [1.29, 1.82) is 0 Å². The maximum absolute atomic E-state index is 11.9. The Bertz CT molecular complexity index is 788. The molecule has 4 rings (SSSR count). The summed E-state index contributed by atoms with van der Waals surface area (Å²) in [5.74, 6) is 0.188. The van der Waals surface area contributed by atoms with E-state index in [0.29, 0.717) is 6.42 Å². The Balaban J connectivity index is 2.03. The number of benzene rings is 2. The molecule has 3 nitrogen and oxygen atoms in total. The number of amides is 1. The van der Waals surface area contributed by atoms with Crippen molar-refractivity contribution >= 4 is 33.5 Å². The summed E-state index contributed by atoms with van der Waals surface area (Å²) in [6.45, 7) is 0.787. The standard InChI is InChI=1S/C16H13NO2/c18-15-9-4-10-17(15)13-7-3-6-12-11-5-1-2-8-14(11)19-16(12)13/h1-3,5-8H,4,9-10H2. The molecule has 1 aliphatic heterocycles. The number of carbonyl (C=O) groups is 1. The van der Waals surface area contributed by atoms with Gasteiger partial charge in [0, 0.05) is 23.7 Å². The van der Waals surface area contributed by atoms with Gasteiger partial charge in [-0.25, -0.2) is 0 Å². The number of nitrogens with zero attached hydrogens (tertiary/aromatic N) is 1. The first kappa shape index (κ1) is 10.6. The van der Waals surface area contributed by atoms with Gasteiger partial charge < -0.3 is 9.32 Å². The largest absolute Gasteiger partial charge is 0.454 e. The van der Waals surface area contributed by atoms with Crippen molar-refractivity contribution in [1.82, 2.24) is 0 Å². The van der Waals surface area contributed by atoms with Crippen LogP contribution < -0.4 is 4.90 Å². The second kappa shape index (κ2) is 3.85. The van der Waals surface area contributed by atoms with Crippen LogP contribution in [-0.2, 0) is 4.79 Å². The number of hydrogen-bond acceptors (Lipinski definition) is 2. The van der Waals surface area contributed by atoms with E-state index in [1.54, 1.807) is 0 Å². The predicted octanol–water partition coefficient (Wildman–Crippen LogP) is 3.71. The quantitative estimate of drug-likeness (QED) is 0.660. The summed E-state index contributed by atoms with van der Waals surface area (Å²) in [6.07, 6.45) is 1.56. The molecule has 2 aromatic carbocycles. The first-order chi connectivity index (χ1) is 9.34. The third kappa shape index (κ3) is 1.48. The van der Waals surface area contributed by atoms with Gasteiger partial charge in [0.05, 0.1) is 5.69 Å². The molecule has 3 aromatic rings. The number of rotatable bonds is 1. The zero-order valence-electron chi connectivity index (χ0n) is 10.4. The SMILES string of the molecule is O=C1CCCN1c1cccc2c1oc1ccccc12.